The Balaban J connectivity index is 0.00000348. The Kier molecular flexibility index (Phi) is 14.8. The summed E-state index contributed by atoms with van der Waals surface area (Å²) >= 11 is 0. The van der Waals surface area contributed by atoms with Gasteiger partial charge in [-0.2, -0.15) is 23.8 Å². The summed E-state index contributed by atoms with van der Waals surface area (Å²) in [6, 6.07) is 27.0. The maximum Gasteiger partial charge on any atom is 1.00 e. The van der Waals surface area contributed by atoms with Crippen molar-refractivity contribution in [2.24, 2.45) is 30.4 Å². The number of carboxylic acid groups (broad SMARTS) is 1. The van der Waals surface area contributed by atoms with Crippen LogP contribution >= 0.6 is 0 Å². The molecule has 270 valence electrons. The smallest absolute Gasteiger partial charge is 0.872 e. The van der Waals surface area contributed by atoms with Crippen molar-refractivity contribution in [2.75, 3.05) is 5.73 Å². The predicted molar refractivity (Wildman–Crippen MR) is 196 cm³/mol. The van der Waals surface area contributed by atoms with Crippen LogP contribution in [0.2, 0.25) is 0 Å². The number of nitrogens with zero attached hydrogens (tertiary/aromatic N) is 6. The van der Waals surface area contributed by atoms with Gasteiger partial charge in [-0.25, -0.2) is 14.8 Å². The molecular weight excluding hydrogens is 781 g/mol. The van der Waals surface area contributed by atoms with Crippen molar-refractivity contribution in [1.29, 1.82) is 0 Å². The number of nitrogens with two attached hydrogens (primary N) is 1. The van der Waals surface area contributed by atoms with Gasteiger partial charge in [0.25, 0.3) is 10.1 Å². The molecule has 0 aliphatic heterocycles. The van der Waals surface area contributed by atoms with Crippen LogP contribution in [0.1, 0.15) is 21.5 Å². The van der Waals surface area contributed by atoms with Crippen LogP contribution in [0.15, 0.2) is 151 Å². The first-order chi connectivity index (χ1) is 25.7. The summed E-state index contributed by atoms with van der Waals surface area (Å²) in [6.45, 7) is 0. The zero-order chi connectivity index (χ0) is 38.6. The largest absolute Gasteiger partial charge is 1.00 e. The summed E-state index contributed by atoms with van der Waals surface area (Å²) in [5, 5.41) is 71.1. The van der Waals surface area contributed by atoms with E-state index in [1.807, 2.05) is 0 Å². The number of azo groups is 2. The fraction of sp³-hybridized carbons (Fsp3) is 0. The molecule has 0 aromatic heterocycles. The van der Waals surface area contributed by atoms with Crippen LogP contribution in [0, 0.1) is 0 Å². The molecule has 6 rings (SSSR count). The third-order valence-electron chi connectivity index (χ3n) is 7.65. The summed E-state index contributed by atoms with van der Waals surface area (Å²) in [7, 11) is -4.94. The summed E-state index contributed by atoms with van der Waals surface area (Å²) in [6.07, 6.45) is 0. The first kappa shape index (κ1) is 43.9. The van der Waals surface area contributed by atoms with Gasteiger partial charge in [-0.3, -0.25) is 4.55 Å². The van der Waals surface area contributed by atoms with E-state index in [9.17, 15) is 38.2 Å². The average Bonchev–Trinajstić information content (AvgIpc) is 3.14. The molecule has 0 saturated heterocycles. The standard InChI is InChI=1S/C37H27N7O9S.K.Na/c38-23-5-1-20(2-6-23)36(48)40-27-13-15-29-22(17-27)18-32(54(51,52)53)33(34(29)46)44-42-26-11-9-24(10-12-26)39-35(47)21-3-7-25(8-4-21)41-43-28-14-16-31(45)30(19-28)37(49)50;;/h1-19,45-46H,38H2,(H,39,47)(H,40,48)(H,49,50)(H,51,52,53);;/q;2*+1/p-2. The van der Waals surface area contributed by atoms with Crippen molar-refractivity contribution in [2.45, 2.75) is 4.90 Å². The first-order valence-electron chi connectivity index (χ1n) is 15.5. The van der Waals surface area contributed by atoms with Crippen molar-refractivity contribution in [1.82, 2.24) is 0 Å². The van der Waals surface area contributed by atoms with E-state index in [1.165, 1.54) is 72.8 Å². The van der Waals surface area contributed by atoms with Gasteiger partial charge in [0.15, 0.2) is 0 Å². The molecule has 6 N–H and O–H groups in total. The zero-order valence-electron chi connectivity index (χ0n) is 29.5. The number of rotatable bonds is 10. The molecule has 6 aromatic carbocycles. The topological polar surface area (TPSA) is 278 Å². The summed E-state index contributed by atoms with van der Waals surface area (Å²) < 4.78 is 34.6. The minimum Gasteiger partial charge on any atom is -0.872 e. The van der Waals surface area contributed by atoms with Gasteiger partial charge in [0, 0.05) is 16.8 Å². The molecule has 0 heterocycles. The van der Waals surface area contributed by atoms with E-state index in [0.29, 0.717) is 28.2 Å². The van der Waals surface area contributed by atoms with Crippen molar-refractivity contribution in [3.05, 3.63) is 132 Å². The Bertz CT molecular complexity index is 2660. The molecule has 0 fully saturated rings. The van der Waals surface area contributed by atoms with E-state index in [0.717, 1.165) is 18.2 Å². The van der Waals surface area contributed by atoms with Crippen molar-refractivity contribution in [3.8, 4) is 11.5 Å². The van der Waals surface area contributed by atoms with E-state index in [4.69, 9.17) is 10.8 Å². The molecule has 0 spiro atoms. The molecule has 19 heteroatoms. The van der Waals surface area contributed by atoms with Gasteiger partial charge in [0.2, 0.25) is 11.8 Å². The van der Waals surface area contributed by atoms with E-state index >= 15 is 0 Å². The second-order valence-electron chi connectivity index (χ2n) is 11.4. The van der Waals surface area contributed by atoms with Gasteiger partial charge in [-0.1, -0.05) is 23.6 Å². The number of aliphatic hydroxyl groups is 2. The predicted octanol–water partition coefficient (Wildman–Crippen LogP) is 1.63. The van der Waals surface area contributed by atoms with Crippen LogP contribution in [0.3, 0.4) is 0 Å². The fourth-order valence-electron chi connectivity index (χ4n) is 4.93. The van der Waals surface area contributed by atoms with E-state index < -0.39 is 43.7 Å². The van der Waals surface area contributed by atoms with Crippen molar-refractivity contribution < 1.29 is 124 Å². The minimum absolute atomic E-state index is 0. The summed E-state index contributed by atoms with van der Waals surface area (Å²) in [4.78, 5) is 18.7. The number of hydrogen-bond acceptors (Lipinski definition) is 12. The number of carbonyl (C=O) groups is 1. The second kappa shape index (κ2) is 18.8. The number of nitrogen functional groups attached to an aromatic ring is 1. The molecule has 0 bridgehead atoms. The Hall–Kier alpha value is -4.86. The number of carboxylic acids is 1. The number of aromatic carboxylic acids is 1. The maximum absolute atomic E-state index is 13.4. The SMILES string of the molecule is Nc1ccc(C(O)=Nc2ccc3c([O-])c(N=Nc4ccc(N=C(O)c5ccc(N=Nc6ccc([O-])c(C(=O)O)c6)cc5)cc4)c(S(=O)(=O)O)cc3c2)cc1.[K+].[Na+]. The Labute approximate surface area is 383 Å². The average molecular weight is 806 g/mol. The minimum atomic E-state index is -4.94. The molecular formula is C37H25KN7NaO9S. The van der Waals surface area contributed by atoms with Gasteiger partial charge < -0.3 is 31.3 Å². The molecule has 0 unspecified atom stereocenters. The summed E-state index contributed by atoms with van der Waals surface area (Å²) in [5.74, 6) is -3.54. The number of aliphatic imine (C=N–C) groups is 2. The molecule has 0 radical (unpaired) electrons. The number of anilines is 1. The van der Waals surface area contributed by atoms with E-state index in [2.05, 4.69) is 30.4 Å². The first-order valence-corrected chi connectivity index (χ1v) is 16.9. The quantitative estimate of drug-likeness (QED) is 0.0333. The van der Waals surface area contributed by atoms with Crippen LogP contribution in [0.25, 0.3) is 10.8 Å². The van der Waals surface area contributed by atoms with Crippen LogP contribution in [-0.2, 0) is 10.1 Å². The van der Waals surface area contributed by atoms with E-state index in [-0.39, 0.29) is 121 Å². The molecule has 16 nitrogen and oxygen atoms in total. The fourth-order valence-corrected chi connectivity index (χ4v) is 5.59. The van der Waals surface area contributed by atoms with Crippen LogP contribution in [0.5, 0.6) is 11.5 Å². The van der Waals surface area contributed by atoms with Gasteiger partial charge in [0.05, 0.1) is 39.7 Å². The van der Waals surface area contributed by atoms with Crippen LogP contribution in [0.4, 0.5) is 39.8 Å². The molecule has 0 aliphatic rings. The Morgan fingerprint density at radius 1 is 0.607 bits per heavy atom. The van der Waals surface area contributed by atoms with Crippen molar-refractivity contribution in [3.63, 3.8) is 0 Å². The number of fused-ring (bicyclic) bond motifs is 1. The molecule has 6 aromatic rings. The van der Waals surface area contributed by atoms with Crippen LogP contribution < -0.4 is 96.9 Å². The zero-order valence-corrected chi connectivity index (χ0v) is 35.4. The number of benzene rings is 6. The monoisotopic (exact) mass is 805 g/mol. The number of hydrogen-bond donors (Lipinski definition) is 5. The van der Waals surface area contributed by atoms with Crippen molar-refractivity contribution >= 4 is 78.5 Å². The van der Waals surface area contributed by atoms with Gasteiger partial charge >= 0.3 is 86.9 Å². The molecule has 56 heavy (non-hydrogen) atoms. The van der Waals surface area contributed by atoms with Gasteiger partial charge in [-0.15, -0.1) is 5.11 Å². The van der Waals surface area contributed by atoms with E-state index in [1.54, 1.807) is 24.3 Å². The normalized spacial score (nSPS) is 12.1. The third kappa shape index (κ3) is 10.7. The maximum atomic E-state index is 13.4. The Morgan fingerprint density at radius 2 is 1.09 bits per heavy atom. The van der Waals surface area contributed by atoms with Gasteiger partial charge in [0.1, 0.15) is 4.90 Å². The Morgan fingerprint density at radius 3 is 1.68 bits per heavy atom. The third-order valence-corrected chi connectivity index (χ3v) is 8.51. The van der Waals surface area contributed by atoms with Crippen LogP contribution in [-0.4, -0.2) is 46.1 Å². The molecule has 0 aliphatic carbocycles. The summed E-state index contributed by atoms with van der Waals surface area (Å²) in [5.41, 5.74) is 7.05. The van der Waals surface area contributed by atoms with Gasteiger partial charge in [-0.05, 0) is 114 Å². The second-order valence-corrected chi connectivity index (χ2v) is 12.8. The molecule has 0 saturated carbocycles. The number of aliphatic hydroxyl groups excluding tert-OH is 2. The molecule has 0 atom stereocenters. The molecule has 0 amide bonds.